The van der Waals surface area contributed by atoms with Gasteiger partial charge in [-0.2, -0.15) is 5.26 Å². The van der Waals surface area contributed by atoms with E-state index in [0.717, 1.165) is 11.3 Å². The number of nitrogens with zero attached hydrogens (tertiary/aromatic N) is 4. The molecule has 2 aliphatic rings. The van der Waals surface area contributed by atoms with Crippen LogP contribution in [0.25, 0.3) is 0 Å². The molecule has 2 aromatic rings. The van der Waals surface area contributed by atoms with Gasteiger partial charge >= 0.3 is 0 Å². The molecule has 0 saturated heterocycles. The summed E-state index contributed by atoms with van der Waals surface area (Å²) < 4.78 is 0. The van der Waals surface area contributed by atoms with Gasteiger partial charge in [-0.05, 0) is 30.4 Å². The van der Waals surface area contributed by atoms with Crippen LogP contribution in [-0.2, 0) is 4.79 Å². The standard InChI is InChI=1S/C20H21N5O/c1-12-18(24-20-22-10-14(9-21)11-23-20)16-5-3-4-6-17(16)25(13(2)26)19(12)15-7-8-15/h3-6,10-12,15,18-19H,7-8H2,1-2H3,(H,22,23,24)/t12-,18-,19+/m1/s1. The van der Waals surface area contributed by atoms with E-state index in [2.05, 4.69) is 28.3 Å². The number of anilines is 2. The number of nitrogens with one attached hydrogen (secondary N) is 1. The first-order chi connectivity index (χ1) is 12.6. The van der Waals surface area contributed by atoms with Gasteiger partial charge in [-0.15, -0.1) is 0 Å². The second-order valence-corrected chi connectivity index (χ2v) is 7.16. The molecule has 3 atom stereocenters. The van der Waals surface area contributed by atoms with Crippen molar-refractivity contribution < 1.29 is 4.79 Å². The highest BCUT2D eigenvalue weighted by molar-refractivity contribution is 5.94. The number of benzene rings is 1. The molecule has 0 unspecified atom stereocenters. The Morgan fingerprint density at radius 3 is 2.58 bits per heavy atom. The van der Waals surface area contributed by atoms with Crippen molar-refractivity contribution in [2.45, 2.75) is 38.8 Å². The van der Waals surface area contributed by atoms with E-state index in [1.807, 2.05) is 29.2 Å². The first-order valence-electron chi connectivity index (χ1n) is 8.97. The third-order valence-corrected chi connectivity index (χ3v) is 5.40. The summed E-state index contributed by atoms with van der Waals surface area (Å²) in [6.45, 7) is 3.84. The molecule has 1 fully saturated rings. The first kappa shape index (κ1) is 16.5. The molecule has 0 radical (unpaired) electrons. The molecule has 1 saturated carbocycles. The molecule has 1 aliphatic heterocycles. The van der Waals surface area contributed by atoms with E-state index in [0.29, 0.717) is 17.4 Å². The fraction of sp³-hybridized carbons (Fsp3) is 0.400. The average Bonchev–Trinajstić information content (AvgIpc) is 3.48. The quantitative estimate of drug-likeness (QED) is 0.921. The zero-order valence-corrected chi connectivity index (χ0v) is 14.9. The van der Waals surface area contributed by atoms with Gasteiger partial charge in [0.15, 0.2) is 0 Å². The van der Waals surface area contributed by atoms with Gasteiger partial charge in [0.05, 0.1) is 24.0 Å². The largest absolute Gasteiger partial charge is 0.347 e. The third kappa shape index (κ3) is 2.80. The topological polar surface area (TPSA) is 81.9 Å². The van der Waals surface area contributed by atoms with Crippen LogP contribution in [0.5, 0.6) is 0 Å². The number of fused-ring (bicyclic) bond motifs is 1. The van der Waals surface area contributed by atoms with Crippen LogP contribution in [0.2, 0.25) is 0 Å². The Hall–Kier alpha value is -2.94. The Bertz CT molecular complexity index is 869. The summed E-state index contributed by atoms with van der Waals surface area (Å²) in [6.07, 6.45) is 5.38. The molecule has 1 aliphatic carbocycles. The zero-order chi connectivity index (χ0) is 18.3. The number of carbonyl (C=O) groups excluding carboxylic acids is 1. The molecule has 2 heterocycles. The molecule has 0 spiro atoms. The number of hydrogen-bond acceptors (Lipinski definition) is 5. The highest BCUT2D eigenvalue weighted by Crippen LogP contribution is 2.49. The van der Waals surface area contributed by atoms with Gasteiger partial charge in [0.25, 0.3) is 0 Å². The SMILES string of the molecule is CC(=O)N1c2ccccc2[C@H](Nc2ncc(C#N)cn2)[C@@H](C)[C@H]1C1CC1. The van der Waals surface area contributed by atoms with E-state index < -0.39 is 0 Å². The predicted molar refractivity (Wildman–Crippen MR) is 98.4 cm³/mol. The molecule has 1 amide bonds. The number of aromatic nitrogens is 2. The monoisotopic (exact) mass is 347 g/mol. The molecule has 1 N–H and O–H groups in total. The average molecular weight is 347 g/mol. The maximum absolute atomic E-state index is 12.4. The molecular formula is C20H21N5O. The van der Waals surface area contributed by atoms with Crippen LogP contribution >= 0.6 is 0 Å². The van der Waals surface area contributed by atoms with E-state index in [9.17, 15) is 4.79 Å². The van der Waals surface area contributed by atoms with Crippen molar-refractivity contribution in [3.8, 4) is 6.07 Å². The molecule has 0 bridgehead atoms. The minimum Gasteiger partial charge on any atom is -0.347 e. The van der Waals surface area contributed by atoms with Crippen molar-refractivity contribution in [2.75, 3.05) is 10.2 Å². The van der Waals surface area contributed by atoms with E-state index in [1.54, 1.807) is 6.92 Å². The lowest BCUT2D eigenvalue weighted by Crippen LogP contribution is -2.51. The molecule has 4 rings (SSSR count). The predicted octanol–water partition coefficient (Wildman–Crippen LogP) is 3.28. The van der Waals surface area contributed by atoms with E-state index >= 15 is 0 Å². The first-order valence-corrected chi connectivity index (χ1v) is 8.97. The second-order valence-electron chi connectivity index (χ2n) is 7.16. The van der Waals surface area contributed by atoms with Crippen molar-refractivity contribution in [3.05, 3.63) is 47.8 Å². The van der Waals surface area contributed by atoms with Crippen LogP contribution < -0.4 is 10.2 Å². The molecule has 6 nitrogen and oxygen atoms in total. The molecule has 1 aromatic heterocycles. The van der Waals surface area contributed by atoms with E-state index in [1.165, 1.54) is 25.2 Å². The van der Waals surface area contributed by atoms with E-state index in [4.69, 9.17) is 5.26 Å². The van der Waals surface area contributed by atoms with Crippen LogP contribution in [0, 0.1) is 23.2 Å². The summed E-state index contributed by atoms with van der Waals surface area (Å²) >= 11 is 0. The Morgan fingerprint density at radius 1 is 1.27 bits per heavy atom. The Labute approximate surface area is 152 Å². The van der Waals surface area contributed by atoms with Crippen molar-refractivity contribution >= 4 is 17.5 Å². The summed E-state index contributed by atoms with van der Waals surface area (Å²) in [5, 5.41) is 12.4. The van der Waals surface area contributed by atoms with Gasteiger partial charge in [-0.25, -0.2) is 9.97 Å². The summed E-state index contributed by atoms with van der Waals surface area (Å²) in [5.74, 6) is 1.37. The lowest BCUT2D eigenvalue weighted by atomic mass is 9.80. The molecule has 132 valence electrons. The Balaban J connectivity index is 1.74. The fourth-order valence-corrected chi connectivity index (χ4v) is 4.11. The lowest BCUT2D eigenvalue weighted by molar-refractivity contribution is -0.117. The minimum atomic E-state index is 0.0142. The Kier molecular flexibility index (Phi) is 4.08. The van der Waals surface area contributed by atoms with Gasteiger partial charge in [-0.1, -0.05) is 25.1 Å². The number of para-hydroxylation sites is 1. The Morgan fingerprint density at radius 2 is 1.96 bits per heavy atom. The normalized spacial score (nSPS) is 24.5. The molecule has 6 heteroatoms. The van der Waals surface area contributed by atoms with Crippen LogP contribution in [0.3, 0.4) is 0 Å². The van der Waals surface area contributed by atoms with Gasteiger partial charge < -0.3 is 10.2 Å². The minimum absolute atomic E-state index is 0.0142. The van der Waals surface area contributed by atoms with Crippen molar-refractivity contribution in [3.63, 3.8) is 0 Å². The van der Waals surface area contributed by atoms with Crippen molar-refractivity contribution in [1.82, 2.24) is 9.97 Å². The van der Waals surface area contributed by atoms with Crippen LogP contribution in [-0.4, -0.2) is 21.9 Å². The van der Waals surface area contributed by atoms with Crippen LogP contribution in [0.1, 0.15) is 43.9 Å². The van der Waals surface area contributed by atoms with Crippen LogP contribution in [0.15, 0.2) is 36.7 Å². The number of rotatable bonds is 3. The number of hydrogen-bond donors (Lipinski definition) is 1. The smallest absolute Gasteiger partial charge is 0.224 e. The number of amides is 1. The molecular weight excluding hydrogens is 326 g/mol. The maximum Gasteiger partial charge on any atom is 0.224 e. The van der Waals surface area contributed by atoms with Gasteiger partial charge in [-0.3, -0.25) is 4.79 Å². The fourth-order valence-electron chi connectivity index (χ4n) is 4.11. The zero-order valence-electron chi connectivity index (χ0n) is 14.9. The molecule has 26 heavy (non-hydrogen) atoms. The summed E-state index contributed by atoms with van der Waals surface area (Å²) in [6, 6.07) is 10.3. The van der Waals surface area contributed by atoms with Crippen molar-refractivity contribution in [2.24, 2.45) is 11.8 Å². The maximum atomic E-state index is 12.4. The van der Waals surface area contributed by atoms with Gasteiger partial charge in [0, 0.05) is 24.6 Å². The summed E-state index contributed by atoms with van der Waals surface area (Å²) in [7, 11) is 0. The van der Waals surface area contributed by atoms with Gasteiger partial charge in [0.1, 0.15) is 6.07 Å². The molecule has 1 aromatic carbocycles. The number of carbonyl (C=O) groups is 1. The van der Waals surface area contributed by atoms with Crippen molar-refractivity contribution in [1.29, 1.82) is 5.26 Å². The summed E-state index contributed by atoms with van der Waals surface area (Å²) in [5.41, 5.74) is 2.49. The van der Waals surface area contributed by atoms with E-state index in [-0.39, 0.29) is 23.9 Å². The summed E-state index contributed by atoms with van der Waals surface area (Å²) in [4.78, 5) is 22.9. The van der Waals surface area contributed by atoms with Crippen LogP contribution in [0.4, 0.5) is 11.6 Å². The third-order valence-electron chi connectivity index (χ3n) is 5.40. The highest BCUT2D eigenvalue weighted by Gasteiger charge is 2.47. The second kappa shape index (κ2) is 6.41. The lowest BCUT2D eigenvalue weighted by Gasteiger charge is -2.45. The highest BCUT2D eigenvalue weighted by atomic mass is 16.2. The van der Waals surface area contributed by atoms with Gasteiger partial charge in [0.2, 0.25) is 11.9 Å². The number of nitriles is 1.